The topological polar surface area (TPSA) is 69.2 Å². The SMILES string of the molecule is CCNC(=NCCCCN(CC)CC)N1CCC(NC(=O)OC(C)(C)C)C1. The molecule has 158 valence electrons. The number of nitrogens with one attached hydrogen (secondary N) is 2. The summed E-state index contributed by atoms with van der Waals surface area (Å²) in [5, 5.41) is 6.35. The Morgan fingerprint density at radius 3 is 2.52 bits per heavy atom. The van der Waals surface area contributed by atoms with Crippen molar-refractivity contribution in [1.29, 1.82) is 0 Å². The van der Waals surface area contributed by atoms with Crippen LogP contribution in [0.15, 0.2) is 4.99 Å². The molecule has 1 unspecified atom stereocenters. The summed E-state index contributed by atoms with van der Waals surface area (Å²) < 4.78 is 5.35. The van der Waals surface area contributed by atoms with E-state index in [1.165, 1.54) is 6.42 Å². The van der Waals surface area contributed by atoms with Crippen LogP contribution in [0.25, 0.3) is 0 Å². The second-order valence-electron chi connectivity index (χ2n) is 8.05. The molecule has 0 aliphatic carbocycles. The molecule has 7 heteroatoms. The summed E-state index contributed by atoms with van der Waals surface area (Å²) in [6.45, 7) is 18.9. The number of hydrogen-bond donors (Lipinski definition) is 2. The zero-order chi connectivity index (χ0) is 20.3. The Morgan fingerprint density at radius 1 is 1.22 bits per heavy atom. The third kappa shape index (κ3) is 9.84. The van der Waals surface area contributed by atoms with Gasteiger partial charge in [0, 0.05) is 26.2 Å². The van der Waals surface area contributed by atoms with Crippen LogP contribution in [-0.4, -0.2) is 79.3 Å². The second kappa shape index (κ2) is 12.1. The summed E-state index contributed by atoms with van der Waals surface area (Å²) in [5.74, 6) is 0.953. The average molecular weight is 384 g/mol. The number of guanidine groups is 1. The number of carbonyl (C=O) groups is 1. The predicted octanol–water partition coefficient (Wildman–Crippen LogP) is 2.67. The largest absolute Gasteiger partial charge is 0.444 e. The van der Waals surface area contributed by atoms with Gasteiger partial charge in [0.25, 0.3) is 0 Å². The lowest BCUT2D eigenvalue weighted by Crippen LogP contribution is -2.44. The van der Waals surface area contributed by atoms with E-state index in [0.29, 0.717) is 0 Å². The number of unbranched alkanes of at least 4 members (excludes halogenated alkanes) is 1. The van der Waals surface area contributed by atoms with Crippen molar-refractivity contribution in [3.8, 4) is 0 Å². The van der Waals surface area contributed by atoms with E-state index in [2.05, 4.69) is 41.2 Å². The highest BCUT2D eigenvalue weighted by Crippen LogP contribution is 2.12. The Balaban J connectivity index is 2.43. The number of hydrogen-bond acceptors (Lipinski definition) is 4. The first-order valence-corrected chi connectivity index (χ1v) is 10.5. The van der Waals surface area contributed by atoms with E-state index in [1.807, 2.05) is 20.8 Å². The lowest BCUT2D eigenvalue weighted by Gasteiger charge is -2.23. The number of amides is 1. The summed E-state index contributed by atoms with van der Waals surface area (Å²) >= 11 is 0. The van der Waals surface area contributed by atoms with Gasteiger partial charge < -0.3 is 25.2 Å². The summed E-state index contributed by atoms with van der Waals surface area (Å²) in [5.41, 5.74) is -0.468. The van der Waals surface area contributed by atoms with Crippen LogP contribution >= 0.6 is 0 Å². The van der Waals surface area contributed by atoms with Gasteiger partial charge in [-0.3, -0.25) is 4.99 Å². The van der Waals surface area contributed by atoms with Gasteiger partial charge in [-0.15, -0.1) is 0 Å². The molecule has 1 rings (SSSR count). The summed E-state index contributed by atoms with van der Waals surface area (Å²) in [4.78, 5) is 21.4. The molecule has 0 aromatic carbocycles. The third-order valence-electron chi connectivity index (χ3n) is 4.58. The number of ether oxygens (including phenoxy) is 1. The van der Waals surface area contributed by atoms with Gasteiger partial charge in [0.05, 0.1) is 6.04 Å². The molecule has 0 bridgehead atoms. The van der Waals surface area contributed by atoms with Gasteiger partial charge in [-0.2, -0.15) is 0 Å². The maximum absolute atomic E-state index is 12.0. The van der Waals surface area contributed by atoms with Gasteiger partial charge in [-0.05, 0) is 66.6 Å². The first kappa shape index (κ1) is 23.5. The molecule has 0 aromatic rings. The van der Waals surface area contributed by atoms with E-state index in [0.717, 1.165) is 64.6 Å². The summed E-state index contributed by atoms with van der Waals surface area (Å²) in [6, 6.07) is 0.103. The monoisotopic (exact) mass is 383 g/mol. The predicted molar refractivity (Wildman–Crippen MR) is 112 cm³/mol. The molecule has 27 heavy (non-hydrogen) atoms. The average Bonchev–Trinajstić information content (AvgIpc) is 3.03. The molecule has 2 N–H and O–H groups in total. The summed E-state index contributed by atoms with van der Waals surface area (Å²) in [6.07, 6.45) is 2.84. The molecule has 0 aromatic heterocycles. The Kier molecular flexibility index (Phi) is 10.5. The Hall–Kier alpha value is -1.50. The molecule has 1 fully saturated rings. The van der Waals surface area contributed by atoms with Crippen molar-refractivity contribution in [2.24, 2.45) is 4.99 Å². The van der Waals surface area contributed by atoms with Crippen molar-refractivity contribution in [1.82, 2.24) is 20.4 Å². The summed E-state index contributed by atoms with van der Waals surface area (Å²) in [7, 11) is 0. The molecule has 1 aliphatic heterocycles. The highest BCUT2D eigenvalue weighted by atomic mass is 16.6. The zero-order valence-corrected chi connectivity index (χ0v) is 18.3. The molecular formula is C20H41N5O2. The van der Waals surface area contributed by atoms with Crippen LogP contribution in [-0.2, 0) is 4.74 Å². The van der Waals surface area contributed by atoms with Crippen LogP contribution in [0.5, 0.6) is 0 Å². The van der Waals surface area contributed by atoms with E-state index in [4.69, 9.17) is 9.73 Å². The lowest BCUT2D eigenvalue weighted by molar-refractivity contribution is 0.0507. The molecule has 1 heterocycles. The highest BCUT2D eigenvalue weighted by molar-refractivity contribution is 5.80. The van der Waals surface area contributed by atoms with Crippen molar-refractivity contribution < 1.29 is 9.53 Å². The maximum Gasteiger partial charge on any atom is 0.407 e. The van der Waals surface area contributed by atoms with E-state index >= 15 is 0 Å². The molecule has 0 saturated carbocycles. The van der Waals surface area contributed by atoms with Crippen molar-refractivity contribution >= 4 is 12.1 Å². The molecule has 0 radical (unpaired) electrons. The standard InChI is InChI=1S/C20H41N5O2/c1-7-21-18(22-13-10-11-14-24(8-2)9-3)25-15-12-17(16-25)23-19(26)27-20(4,5)6/h17H,7-16H2,1-6H3,(H,21,22)(H,23,26). The van der Waals surface area contributed by atoms with E-state index in [9.17, 15) is 4.79 Å². The normalized spacial score (nSPS) is 18.1. The number of alkyl carbamates (subject to hydrolysis) is 1. The van der Waals surface area contributed by atoms with Gasteiger partial charge >= 0.3 is 6.09 Å². The third-order valence-corrected chi connectivity index (χ3v) is 4.58. The van der Waals surface area contributed by atoms with Crippen LogP contribution in [0.4, 0.5) is 4.79 Å². The van der Waals surface area contributed by atoms with E-state index < -0.39 is 5.60 Å². The minimum absolute atomic E-state index is 0.103. The van der Waals surface area contributed by atoms with E-state index in [-0.39, 0.29) is 12.1 Å². The molecule has 0 spiro atoms. The first-order valence-electron chi connectivity index (χ1n) is 10.5. The van der Waals surface area contributed by atoms with Gasteiger partial charge in [0.15, 0.2) is 5.96 Å². The minimum atomic E-state index is -0.468. The second-order valence-corrected chi connectivity index (χ2v) is 8.05. The lowest BCUT2D eigenvalue weighted by atomic mass is 10.2. The smallest absolute Gasteiger partial charge is 0.407 e. The number of rotatable bonds is 9. The first-order chi connectivity index (χ1) is 12.8. The fraction of sp³-hybridized carbons (Fsp3) is 0.900. The van der Waals surface area contributed by atoms with Gasteiger partial charge in [0.1, 0.15) is 5.60 Å². The fourth-order valence-corrected chi connectivity index (χ4v) is 3.14. The van der Waals surface area contributed by atoms with Crippen molar-refractivity contribution in [2.45, 2.75) is 72.4 Å². The van der Waals surface area contributed by atoms with Crippen LogP contribution < -0.4 is 10.6 Å². The maximum atomic E-state index is 12.0. The van der Waals surface area contributed by atoms with Crippen LogP contribution in [0.1, 0.15) is 60.8 Å². The molecule has 1 atom stereocenters. The van der Waals surface area contributed by atoms with Gasteiger partial charge in [0.2, 0.25) is 0 Å². The zero-order valence-electron chi connectivity index (χ0n) is 18.3. The van der Waals surface area contributed by atoms with Crippen LogP contribution in [0, 0.1) is 0 Å². The van der Waals surface area contributed by atoms with Crippen molar-refractivity contribution in [2.75, 3.05) is 45.8 Å². The van der Waals surface area contributed by atoms with Gasteiger partial charge in [-0.25, -0.2) is 4.79 Å². The van der Waals surface area contributed by atoms with Crippen LogP contribution in [0.2, 0.25) is 0 Å². The number of aliphatic imine (C=N–C) groups is 1. The van der Waals surface area contributed by atoms with E-state index in [1.54, 1.807) is 0 Å². The minimum Gasteiger partial charge on any atom is -0.444 e. The van der Waals surface area contributed by atoms with Crippen molar-refractivity contribution in [3.05, 3.63) is 0 Å². The van der Waals surface area contributed by atoms with Gasteiger partial charge in [-0.1, -0.05) is 13.8 Å². The fourth-order valence-electron chi connectivity index (χ4n) is 3.14. The molecule has 7 nitrogen and oxygen atoms in total. The Labute approximate surface area is 165 Å². The number of likely N-dealkylation sites (tertiary alicyclic amines) is 1. The molecule has 1 aliphatic rings. The van der Waals surface area contributed by atoms with Crippen LogP contribution in [0.3, 0.4) is 0 Å². The molecule has 1 saturated heterocycles. The highest BCUT2D eigenvalue weighted by Gasteiger charge is 2.27. The van der Waals surface area contributed by atoms with Crippen molar-refractivity contribution in [3.63, 3.8) is 0 Å². The quantitative estimate of drug-likeness (QED) is 0.364. The number of carbonyl (C=O) groups excluding carboxylic acids is 1. The number of nitrogens with zero attached hydrogens (tertiary/aromatic N) is 3. The Bertz CT molecular complexity index is 458. The molecule has 1 amide bonds. The Morgan fingerprint density at radius 2 is 1.93 bits per heavy atom. The molecular weight excluding hydrogens is 342 g/mol.